The van der Waals surface area contributed by atoms with Gasteiger partial charge in [-0.1, -0.05) is 52.0 Å². The first kappa shape index (κ1) is 15.1. The normalized spacial score (nSPS) is 21.6. The highest BCUT2D eigenvalue weighted by Gasteiger charge is 2.09. The number of aliphatic imine (C=N–C) groups is 1. The van der Waals surface area contributed by atoms with E-state index in [1.165, 1.54) is 57.6 Å². The molecule has 3 heteroatoms. The highest BCUT2D eigenvalue weighted by Crippen LogP contribution is 2.20. The molecule has 1 atom stereocenters. The van der Waals surface area contributed by atoms with Crippen molar-refractivity contribution < 1.29 is 0 Å². The van der Waals surface area contributed by atoms with E-state index in [2.05, 4.69) is 34.9 Å². The van der Waals surface area contributed by atoms with Gasteiger partial charge in [-0.3, -0.25) is 4.99 Å². The molecule has 0 aliphatic heterocycles. The van der Waals surface area contributed by atoms with Gasteiger partial charge in [0.05, 0.1) is 0 Å². The van der Waals surface area contributed by atoms with E-state index < -0.39 is 0 Å². The first-order valence-electron chi connectivity index (χ1n) is 7.41. The molecule has 1 aliphatic rings. The minimum atomic E-state index is -0.0179. The van der Waals surface area contributed by atoms with Crippen molar-refractivity contribution in [2.24, 2.45) is 21.1 Å². The Labute approximate surface area is 111 Å². The zero-order valence-electron chi connectivity index (χ0n) is 11.7. The van der Waals surface area contributed by atoms with Crippen LogP contribution >= 0.6 is 0 Å². The molecular formula is C15H27N3. The van der Waals surface area contributed by atoms with Gasteiger partial charge in [0, 0.05) is 12.4 Å². The molecule has 102 valence electrons. The quantitative estimate of drug-likeness (QED) is 0.478. The molecule has 3 nitrogen and oxygen atoms in total. The van der Waals surface area contributed by atoms with E-state index in [9.17, 15) is 0 Å². The summed E-state index contributed by atoms with van der Waals surface area (Å²) in [7, 11) is 0. The fraction of sp³-hybridized carbons (Fsp3) is 0.800. The molecule has 0 bridgehead atoms. The Kier molecular flexibility index (Phi) is 8.36. The molecular weight excluding hydrogens is 222 g/mol. The zero-order valence-corrected chi connectivity index (χ0v) is 11.7. The second kappa shape index (κ2) is 9.98. The maximum Gasteiger partial charge on any atom is 0.160 e. The van der Waals surface area contributed by atoms with Gasteiger partial charge in [-0.25, -0.2) is 0 Å². The Bertz CT molecular complexity index is 261. The first-order valence-corrected chi connectivity index (χ1v) is 7.41. The lowest BCUT2D eigenvalue weighted by Gasteiger charge is -2.11. The van der Waals surface area contributed by atoms with Crippen LogP contribution in [0.15, 0.2) is 28.0 Å². The summed E-state index contributed by atoms with van der Waals surface area (Å²) in [6, 6.07) is 0. The molecule has 1 unspecified atom stereocenters. The van der Waals surface area contributed by atoms with Gasteiger partial charge in [0.15, 0.2) is 6.17 Å². The number of azo groups is 1. The summed E-state index contributed by atoms with van der Waals surface area (Å²) in [6.45, 7) is 5.63. The highest BCUT2D eigenvalue weighted by molar-refractivity contribution is 5.60. The van der Waals surface area contributed by atoms with E-state index in [0.717, 1.165) is 6.42 Å². The molecule has 1 aliphatic carbocycles. The third kappa shape index (κ3) is 6.67. The predicted molar refractivity (Wildman–Crippen MR) is 78.1 cm³/mol. The molecule has 1 fully saturated rings. The van der Waals surface area contributed by atoms with Crippen molar-refractivity contribution in [3.63, 3.8) is 0 Å². The van der Waals surface area contributed by atoms with Crippen molar-refractivity contribution in [2.75, 3.05) is 0 Å². The van der Waals surface area contributed by atoms with Crippen LogP contribution in [0.4, 0.5) is 0 Å². The van der Waals surface area contributed by atoms with Crippen LogP contribution in [0, 0.1) is 5.92 Å². The monoisotopic (exact) mass is 249 g/mol. The maximum atomic E-state index is 4.57. The highest BCUT2D eigenvalue weighted by atomic mass is 15.2. The van der Waals surface area contributed by atoms with E-state index in [1.807, 2.05) is 0 Å². The molecule has 18 heavy (non-hydrogen) atoms. The Balaban J connectivity index is 2.44. The van der Waals surface area contributed by atoms with E-state index in [0.29, 0.717) is 5.92 Å². The van der Waals surface area contributed by atoms with Crippen LogP contribution in [0.5, 0.6) is 0 Å². The van der Waals surface area contributed by atoms with Crippen LogP contribution in [0.2, 0.25) is 0 Å². The Morgan fingerprint density at radius 2 is 1.72 bits per heavy atom. The van der Waals surface area contributed by atoms with Crippen molar-refractivity contribution in [1.29, 1.82) is 0 Å². The molecule has 0 aromatic carbocycles. The number of hydrogen-bond acceptors (Lipinski definition) is 3. The minimum absolute atomic E-state index is 0.0179. The van der Waals surface area contributed by atoms with Crippen molar-refractivity contribution in [3.05, 3.63) is 12.8 Å². The van der Waals surface area contributed by atoms with Gasteiger partial charge in [-0.05, 0) is 25.2 Å². The van der Waals surface area contributed by atoms with Gasteiger partial charge in [0.25, 0.3) is 0 Å². The molecule has 0 radical (unpaired) electrons. The largest absolute Gasteiger partial charge is 0.269 e. The molecule has 0 amide bonds. The summed E-state index contributed by atoms with van der Waals surface area (Å²) in [4.78, 5) is 4.57. The SMILES string of the molecule is C=C/N=N\C(CC)/N=C/C1CCCCCCCC1. The van der Waals surface area contributed by atoms with Crippen molar-refractivity contribution in [1.82, 2.24) is 0 Å². The molecule has 0 spiro atoms. The lowest BCUT2D eigenvalue weighted by molar-refractivity contribution is 0.538. The van der Waals surface area contributed by atoms with Gasteiger partial charge in [-0.15, -0.1) is 0 Å². The fourth-order valence-corrected chi connectivity index (χ4v) is 2.38. The molecule has 0 N–H and O–H groups in total. The van der Waals surface area contributed by atoms with Crippen LogP contribution in [0.25, 0.3) is 0 Å². The molecule has 1 saturated carbocycles. The van der Waals surface area contributed by atoms with Crippen LogP contribution < -0.4 is 0 Å². The maximum absolute atomic E-state index is 4.57. The third-order valence-corrected chi connectivity index (χ3v) is 3.52. The van der Waals surface area contributed by atoms with E-state index in [4.69, 9.17) is 0 Å². The Morgan fingerprint density at radius 1 is 1.11 bits per heavy atom. The van der Waals surface area contributed by atoms with Crippen molar-refractivity contribution >= 4 is 6.21 Å². The second-order valence-electron chi connectivity index (χ2n) is 5.06. The van der Waals surface area contributed by atoms with Gasteiger partial charge >= 0.3 is 0 Å². The fourth-order valence-electron chi connectivity index (χ4n) is 2.38. The van der Waals surface area contributed by atoms with Gasteiger partial charge in [0.1, 0.15) is 0 Å². The summed E-state index contributed by atoms with van der Waals surface area (Å²) in [5, 5.41) is 7.94. The van der Waals surface area contributed by atoms with E-state index in [-0.39, 0.29) is 6.17 Å². The van der Waals surface area contributed by atoms with Crippen LogP contribution in [-0.2, 0) is 0 Å². The summed E-state index contributed by atoms with van der Waals surface area (Å²) < 4.78 is 0. The van der Waals surface area contributed by atoms with Crippen LogP contribution in [0.3, 0.4) is 0 Å². The van der Waals surface area contributed by atoms with Crippen LogP contribution in [-0.4, -0.2) is 12.4 Å². The lowest BCUT2D eigenvalue weighted by atomic mass is 9.98. The van der Waals surface area contributed by atoms with Gasteiger partial charge < -0.3 is 0 Å². The third-order valence-electron chi connectivity index (χ3n) is 3.52. The number of hydrogen-bond donors (Lipinski definition) is 0. The average Bonchev–Trinajstić information content (AvgIpc) is 2.53. The summed E-state index contributed by atoms with van der Waals surface area (Å²) in [5.74, 6) is 0.649. The van der Waals surface area contributed by atoms with Crippen molar-refractivity contribution in [2.45, 2.75) is 70.9 Å². The number of nitrogens with zero attached hydrogens (tertiary/aromatic N) is 3. The zero-order chi connectivity index (χ0) is 13.1. The van der Waals surface area contributed by atoms with E-state index in [1.54, 1.807) is 0 Å². The molecule has 1 rings (SSSR count). The Hall–Kier alpha value is -0.990. The average molecular weight is 249 g/mol. The molecule has 0 aromatic heterocycles. The van der Waals surface area contributed by atoms with E-state index >= 15 is 0 Å². The van der Waals surface area contributed by atoms with Crippen LogP contribution in [0.1, 0.15) is 64.7 Å². The molecule has 0 saturated heterocycles. The molecule has 0 heterocycles. The summed E-state index contributed by atoms with van der Waals surface area (Å²) in [6.07, 6.45) is 15.4. The topological polar surface area (TPSA) is 37.1 Å². The molecule has 0 aromatic rings. The van der Waals surface area contributed by atoms with Crippen molar-refractivity contribution in [3.8, 4) is 0 Å². The summed E-state index contributed by atoms with van der Waals surface area (Å²) >= 11 is 0. The Morgan fingerprint density at radius 3 is 2.28 bits per heavy atom. The predicted octanol–water partition coefficient (Wildman–Crippen LogP) is 5.14. The van der Waals surface area contributed by atoms with Gasteiger partial charge in [-0.2, -0.15) is 10.2 Å². The lowest BCUT2D eigenvalue weighted by Crippen LogP contribution is -2.05. The second-order valence-corrected chi connectivity index (χ2v) is 5.06. The van der Waals surface area contributed by atoms with Gasteiger partial charge in [0.2, 0.25) is 0 Å². The summed E-state index contributed by atoms with van der Waals surface area (Å²) in [5.41, 5.74) is 0. The minimum Gasteiger partial charge on any atom is -0.269 e. The smallest absolute Gasteiger partial charge is 0.160 e. The standard InChI is InChI=1S/C15H27N3/c1-3-15(18-17-4-2)16-13-14-11-9-7-5-6-8-10-12-14/h4,13-15H,2-3,5-12H2,1H3/b16-13+,18-17-. The number of rotatable bonds is 5. The first-order chi connectivity index (χ1) is 8.86.